The SMILES string of the molecule is O=C(c1cc(O)c(Cl)cc1O)c1ccc(Oc2ccc(Cl)cc2)nc1Nc1ccccc1. The van der Waals surface area contributed by atoms with E-state index in [9.17, 15) is 15.0 Å². The molecule has 4 rings (SSSR count). The van der Waals surface area contributed by atoms with Crippen LogP contribution in [-0.2, 0) is 0 Å². The number of hydrogen-bond donors (Lipinski definition) is 3. The second kappa shape index (κ2) is 9.18. The first-order valence-corrected chi connectivity index (χ1v) is 10.2. The molecule has 160 valence electrons. The number of nitrogens with one attached hydrogen (secondary N) is 1. The molecule has 0 aliphatic rings. The Balaban J connectivity index is 1.74. The zero-order valence-corrected chi connectivity index (χ0v) is 17.9. The fraction of sp³-hybridized carbons (Fsp3) is 0. The van der Waals surface area contributed by atoms with Gasteiger partial charge in [0.2, 0.25) is 11.7 Å². The number of aromatic nitrogens is 1. The minimum atomic E-state index is -0.557. The van der Waals surface area contributed by atoms with Crippen molar-refractivity contribution < 1.29 is 19.7 Å². The lowest BCUT2D eigenvalue weighted by Crippen LogP contribution is -2.08. The number of carbonyl (C=O) groups excluding carboxylic acids is 1. The van der Waals surface area contributed by atoms with Crippen LogP contribution in [0.15, 0.2) is 78.9 Å². The molecule has 0 saturated carbocycles. The molecule has 0 spiro atoms. The van der Waals surface area contributed by atoms with Gasteiger partial charge in [0.15, 0.2) is 0 Å². The molecule has 8 heteroatoms. The maximum atomic E-state index is 13.2. The van der Waals surface area contributed by atoms with Gasteiger partial charge < -0.3 is 20.3 Å². The smallest absolute Gasteiger partial charge is 0.221 e. The highest BCUT2D eigenvalue weighted by atomic mass is 35.5. The lowest BCUT2D eigenvalue weighted by molar-refractivity contribution is 0.103. The molecule has 0 amide bonds. The number of pyridine rings is 1. The largest absolute Gasteiger partial charge is 0.507 e. The molecule has 0 saturated heterocycles. The van der Waals surface area contributed by atoms with Crippen molar-refractivity contribution in [2.45, 2.75) is 0 Å². The first kappa shape index (κ1) is 21.5. The van der Waals surface area contributed by atoms with Crippen molar-refractivity contribution in [1.29, 1.82) is 0 Å². The summed E-state index contributed by atoms with van der Waals surface area (Å²) in [6, 6.07) is 21.2. The second-order valence-corrected chi connectivity index (χ2v) is 7.59. The molecule has 0 fully saturated rings. The standard InChI is InChI=1S/C24H16Cl2N2O4/c25-14-6-8-16(9-7-14)32-22-11-10-17(24(28-22)27-15-4-2-1-3-5-15)23(31)18-12-21(30)19(26)13-20(18)29/h1-13,29-30H,(H,27,28). The summed E-state index contributed by atoms with van der Waals surface area (Å²) < 4.78 is 5.78. The summed E-state index contributed by atoms with van der Waals surface area (Å²) >= 11 is 11.7. The van der Waals surface area contributed by atoms with E-state index >= 15 is 0 Å². The van der Waals surface area contributed by atoms with E-state index in [0.717, 1.165) is 12.1 Å². The Morgan fingerprint density at radius 1 is 0.844 bits per heavy atom. The Kier molecular flexibility index (Phi) is 6.16. The fourth-order valence-corrected chi connectivity index (χ4v) is 3.22. The third kappa shape index (κ3) is 4.77. The molecule has 0 aliphatic heterocycles. The number of para-hydroxylation sites is 1. The molecular weight excluding hydrogens is 451 g/mol. The number of halogens is 2. The number of nitrogens with zero attached hydrogens (tertiary/aromatic N) is 1. The lowest BCUT2D eigenvalue weighted by atomic mass is 10.0. The minimum Gasteiger partial charge on any atom is -0.507 e. The summed E-state index contributed by atoms with van der Waals surface area (Å²) in [6.07, 6.45) is 0. The van der Waals surface area contributed by atoms with E-state index in [0.29, 0.717) is 16.5 Å². The zero-order chi connectivity index (χ0) is 22.7. The summed E-state index contributed by atoms with van der Waals surface area (Å²) in [4.78, 5) is 17.6. The van der Waals surface area contributed by atoms with Crippen LogP contribution < -0.4 is 10.1 Å². The monoisotopic (exact) mass is 466 g/mol. The number of benzene rings is 3. The molecular formula is C24H16Cl2N2O4. The van der Waals surface area contributed by atoms with Gasteiger partial charge in [-0.15, -0.1) is 0 Å². The summed E-state index contributed by atoms with van der Waals surface area (Å²) in [6.45, 7) is 0. The van der Waals surface area contributed by atoms with Crippen LogP contribution in [-0.4, -0.2) is 21.0 Å². The van der Waals surface area contributed by atoms with Crippen LogP contribution in [0.2, 0.25) is 10.0 Å². The molecule has 3 aromatic carbocycles. The molecule has 0 atom stereocenters. The van der Waals surface area contributed by atoms with Gasteiger partial charge in [0.25, 0.3) is 0 Å². The van der Waals surface area contributed by atoms with Crippen LogP contribution in [0.3, 0.4) is 0 Å². The Labute approximate surface area is 193 Å². The van der Waals surface area contributed by atoms with Gasteiger partial charge in [-0.3, -0.25) is 4.79 Å². The molecule has 0 aliphatic carbocycles. The van der Waals surface area contributed by atoms with Crippen molar-refractivity contribution >= 4 is 40.5 Å². The van der Waals surface area contributed by atoms with E-state index < -0.39 is 5.78 Å². The van der Waals surface area contributed by atoms with Crippen LogP contribution in [0.5, 0.6) is 23.1 Å². The maximum absolute atomic E-state index is 13.2. The predicted octanol–water partition coefficient (Wildman–Crippen LogP) is 6.57. The molecule has 0 unspecified atom stereocenters. The topological polar surface area (TPSA) is 91.7 Å². The number of phenolic OH excluding ortho intramolecular Hbond substituents is 2. The summed E-state index contributed by atoms with van der Waals surface area (Å²) in [5.41, 5.74) is 0.742. The van der Waals surface area contributed by atoms with Crippen molar-refractivity contribution in [3.63, 3.8) is 0 Å². The predicted molar refractivity (Wildman–Crippen MR) is 124 cm³/mol. The Bertz CT molecular complexity index is 1280. The van der Waals surface area contributed by atoms with Crippen molar-refractivity contribution in [3.05, 3.63) is 100 Å². The van der Waals surface area contributed by atoms with Crippen molar-refractivity contribution in [2.24, 2.45) is 0 Å². The summed E-state index contributed by atoms with van der Waals surface area (Å²) in [7, 11) is 0. The number of ether oxygens (including phenoxy) is 1. The third-order valence-electron chi connectivity index (χ3n) is 4.50. The highest BCUT2D eigenvalue weighted by molar-refractivity contribution is 6.32. The molecule has 32 heavy (non-hydrogen) atoms. The molecule has 3 N–H and O–H groups in total. The van der Waals surface area contributed by atoms with E-state index in [1.54, 1.807) is 24.3 Å². The van der Waals surface area contributed by atoms with Gasteiger partial charge in [-0.2, -0.15) is 4.98 Å². The van der Waals surface area contributed by atoms with Gasteiger partial charge in [-0.25, -0.2) is 0 Å². The first-order valence-electron chi connectivity index (χ1n) is 9.43. The number of phenols is 2. The average molecular weight is 467 g/mol. The van der Waals surface area contributed by atoms with Crippen molar-refractivity contribution in [2.75, 3.05) is 5.32 Å². The third-order valence-corrected chi connectivity index (χ3v) is 5.05. The average Bonchev–Trinajstić information content (AvgIpc) is 2.78. The highest BCUT2D eigenvalue weighted by Gasteiger charge is 2.21. The van der Waals surface area contributed by atoms with E-state index in [2.05, 4.69) is 10.3 Å². The summed E-state index contributed by atoms with van der Waals surface area (Å²) in [5, 5.41) is 23.7. The zero-order valence-electron chi connectivity index (χ0n) is 16.4. The van der Waals surface area contributed by atoms with Gasteiger partial charge >= 0.3 is 0 Å². The number of hydrogen-bond acceptors (Lipinski definition) is 6. The molecule has 1 aromatic heterocycles. The molecule has 1 heterocycles. The number of aromatic hydroxyl groups is 2. The van der Waals surface area contributed by atoms with Crippen LogP contribution in [0.25, 0.3) is 0 Å². The van der Waals surface area contributed by atoms with Crippen LogP contribution in [0, 0.1) is 0 Å². The van der Waals surface area contributed by atoms with Gasteiger partial charge in [-0.1, -0.05) is 41.4 Å². The minimum absolute atomic E-state index is 0.0634. The second-order valence-electron chi connectivity index (χ2n) is 6.74. The number of rotatable bonds is 6. The van der Waals surface area contributed by atoms with Gasteiger partial charge in [0.05, 0.1) is 16.1 Å². The van der Waals surface area contributed by atoms with Gasteiger partial charge in [-0.05, 0) is 48.5 Å². The van der Waals surface area contributed by atoms with Crippen LogP contribution >= 0.6 is 23.2 Å². The Morgan fingerprint density at radius 3 is 2.28 bits per heavy atom. The summed E-state index contributed by atoms with van der Waals surface area (Å²) in [5.74, 6) is -0.261. The van der Waals surface area contributed by atoms with E-state index in [1.807, 2.05) is 30.3 Å². The van der Waals surface area contributed by atoms with Crippen molar-refractivity contribution in [3.8, 4) is 23.1 Å². The Morgan fingerprint density at radius 2 is 1.56 bits per heavy atom. The molecule has 0 radical (unpaired) electrons. The molecule has 6 nitrogen and oxygen atoms in total. The number of ketones is 1. The Hall–Kier alpha value is -3.74. The van der Waals surface area contributed by atoms with E-state index in [-0.39, 0.29) is 39.3 Å². The normalized spacial score (nSPS) is 10.6. The number of carbonyl (C=O) groups is 1. The van der Waals surface area contributed by atoms with Crippen LogP contribution in [0.1, 0.15) is 15.9 Å². The molecule has 0 bridgehead atoms. The highest BCUT2D eigenvalue weighted by Crippen LogP contribution is 2.34. The maximum Gasteiger partial charge on any atom is 0.221 e. The van der Waals surface area contributed by atoms with E-state index in [4.69, 9.17) is 27.9 Å². The fourth-order valence-electron chi connectivity index (χ4n) is 2.94. The van der Waals surface area contributed by atoms with Gasteiger partial charge in [0, 0.05) is 22.8 Å². The quantitative estimate of drug-likeness (QED) is 0.220. The molecule has 4 aromatic rings. The van der Waals surface area contributed by atoms with Crippen molar-refractivity contribution in [1.82, 2.24) is 4.98 Å². The first-order chi connectivity index (χ1) is 15.4. The van der Waals surface area contributed by atoms with Crippen LogP contribution in [0.4, 0.5) is 11.5 Å². The van der Waals surface area contributed by atoms with Gasteiger partial charge in [0.1, 0.15) is 23.1 Å². The van der Waals surface area contributed by atoms with E-state index in [1.165, 1.54) is 12.1 Å². The number of anilines is 2. The lowest BCUT2D eigenvalue weighted by Gasteiger charge is -2.14.